The van der Waals surface area contributed by atoms with Gasteiger partial charge in [0.1, 0.15) is 65.6 Å². The molecule has 4 aromatic carbocycles. The molecule has 0 unspecified atom stereocenters. The number of likely N-dealkylation sites (tertiary alicyclic amines) is 1. The first-order valence-corrected chi connectivity index (χ1v) is 28.7. The van der Waals surface area contributed by atoms with Gasteiger partial charge < -0.3 is 84.9 Å². The summed E-state index contributed by atoms with van der Waals surface area (Å²) in [5.41, 5.74) is 18.2. The van der Waals surface area contributed by atoms with Crippen LogP contribution in [-0.2, 0) is 83.2 Å². The summed E-state index contributed by atoms with van der Waals surface area (Å²) in [6.07, 6.45) is -3.05. The molecule has 1 aliphatic heterocycles. The molecule has 28 nitrogen and oxygen atoms in total. The number of phenols is 3. The normalized spacial score (nSPS) is 15.5. The van der Waals surface area contributed by atoms with Crippen LogP contribution in [0.25, 0.3) is 0 Å². The van der Waals surface area contributed by atoms with Crippen LogP contribution in [0.5, 0.6) is 17.2 Å². The third-order valence-electron chi connectivity index (χ3n) is 14.4. The summed E-state index contributed by atoms with van der Waals surface area (Å²) in [5, 5.41) is 67.6. The highest BCUT2D eigenvalue weighted by Crippen LogP contribution is 2.23. The summed E-state index contributed by atoms with van der Waals surface area (Å²) in [4.78, 5) is 163. The third-order valence-corrected chi connectivity index (χ3v) is 14.4. The molecule has 5 rings (SSSR count). The predicted molar refractivity (Wildman–Crippen MR) is 318 cm³/mol. The van der Waals surface area contributed by atoms with Crippen LogP contribution in [0.1, 0.15) is 87.5 Å². The molecule has 9 atom stereocenters. The first kappa shape index (κ1) is 69.6. The fourth-order valence-electron chi connectivity index (χ4n) is 9.75. The molecule has 1 heterocycles. The van der Waals surface area contributed by atoms with Gasteiger partial charge in [-0.3, -0.25) is 52.7 Å². The van der Waals surface area contributed by atoms with E-state index in [0.29, 0.717) is 28.7 Å². The van der Waals surface area contributed by atoms with Crippen molar-refractivity contribution in [2.75, 3.05) is 6.54 Å². The largest absolute Gasteiger partial charge is 0.508 e. The number of hydrogen-bond donors (Lipinski definition) is 15. The van der Waals surface area contributed by atoms with E-state index in [1.807, 2.05) is 0 Å². The first-order chi connectivity index (χ1) is 42.1. The first-order valence-electron chi connectivity index (χ1n) is 28.7. The Morgan fingerprint density at radius 2 is 0.865 bits per heavy atom. The quantitative estimate of drug-likeness (QED) is 0.0265. The van der Waals surface area contributed by atoms with Gasteiger partial charge >= 0.3 is 11.9 Å². The smallest absolute Gasteiger partial charge is 0.326 e. The molecular formula is C61H77N11O17. The van der Waals surface area contributed by atoms with Crippen LogP contribution in [0.3, 0.4) is 0 Å². The zero-order valence-corrected chi connectivity index (χ0v) is 49.1. The Morgan fingerprint density at radius 1 is 0.483 bits per heavy atom. The number of nitrogens with one attached hydrogen (secondary N) is 7. The number of carboxylic acids is 2. The summed E-state index contributed by atoms with van der Waals surface area (Å²) < 4.78 is 0. The van der Waals surface area contributed by atoms with Crippen LogP contribution in [-0.4, -0.2) is 162 Å². The Labute approximate surface area is 512 Å². The lowest BCUT2D eigenvalue weighted by atomic mass is 9.99. The van der Waals surface area contributed by atoms with Crippen molar-refractivity contribution in [3.63, 3.8) is 0 Å². The molecule has 1 aliphatic rings. The molecule has 10 amide bonds. The van der Waals surface area contributed by atoms with Crippen molar-refractivity contribution in [2.24, 2.45) is 23.1 Å². The Bertz CT molecular complexity index is 3150. The van der Waals surface area contributed by atoms with Gasteiger partial charge in [-0.1, -0.05) is 80.6 Å². The van der Waals surface area contributed by atoms with E-state index in [2.05, 4.69) is 37.2 Å². The molecule has 1 saturated heterocycles. The molecule has 0 aromatic heterocycles. The van der Waals surface area contributed by atoms with Crippen molar-refractivity contribution < 1.29 is 83.1 Å². The third kappa shape index (κ3) is 22.9. The van der Waals surface area contributed by atoms with Gasteiger partial charge in [-0.15, -0.1) is 0 Å². The Morgan fingerprint density at radius 3 is 1.31 bits per heavy atom. The Balaban J connectivity index is 1.40. The molecular weight excluding hydrogens is 1160 g/mol. The van der Waals surface area contributed by atoms with Gasteiger partial charge in [-0.2, -0.15) is 0 Å². The molecule has 0 bridgehead atoms. The topological polar surface area (TPSA) is 471 Å². The fraction of sp³-hybridized carbons (Fsp3) is 0.410. The molecule has 0 saturated carbocycles. The molecule has 1 fully saturated rings. The summed E-state index contributed by atoms with van der Waals surface area (Å²) in [5.74, 6) is -13.0. The lowest BCUT2D eigenvalue weighted by Gasteiger charge is -2.31. The number of phenolic OH excluding ortho intramolecular Hbond substituents is 3. The second kappa shape index (κ2) is 33.7. The van der Waals surface area contributed by atoms with Crippen molar-refractivity contribution >= 4 is 71.0 Å². The van der Waals surface area contributed by atoms with Crippen LogP contribution in [0.4, 0.5) is 0 Å². The molecule has 0 spiro atoms. The van der Waals surface area contributed by atoms with Gasteiger partial charge in [0, 0.05) is 45.1 Å². The van der Waals surface area contributed by atoms with Crippen molar-refractivity contribution in [3.8, 4) is 17.2 Å². The number of nitrogens with zero attached hydrogens (tertiary/aromatic N) is 1. The maximum Gasteiger partial charge on any atom is 0.326 e. The van der Waals surface area contributed by atoms with Gasteiger partial charge in [0.2, 0.25) is 59.1 Å². The average molecular weight is 1240 g/mol. The van der Waals surface area contributed by atoms with E-state index in [1.54, 1.807) is 44.2 Å². The molecule has 4 aromatic rings. The number of hydrogen-bond acceptors (Lipinski definition) is 16. The summed E-state index contributed by atoms with van der Waals surface area (Å²) >= 11 is 0. The number of primary amides is 2. The van der Waals surface area contributed by atoms with Crippen molar-refractivity contribution in [2.45, 2.75) is 145 Å². The highest BCUT2D eigenvalue weighted by molar-refractivity contribution is 5.99. The van der Waals surface area contributed by atoms with Gasteiger partial charge in [0.05, 0.1) is 12.5 Å². The lowest BCUT2D eigenvalue weighted by molar-refractivity contribution is -0.144. The van der Waals surface area contributed by atoms with E-state index in [9.17, 15) is 83.1 Å². The minimum absolute atomic E-state index is 0.0209. The monoisotopic (exact) mass is 1240 g/mol. The Hall–Kier alpha value is -10.1. The average Bonchev–Trinajstić information content (AvgIpc) is 2.52. The van der Waals surface area contributed by atoms with E-state index < -0.39 is 145 Å². The lowest BCUT2D eigenvalue weighted by Crippen LogP contribution is -2.61. The number of carbonyl (C=O) groups excluding carboxylic acids is 10. The Kier molecular flexibility index (Phi) is 26.4. The van der Waals surface area contributed by atoms with Gasteiger partial charge in [-0.25, -0.2) is 4.79 Å². The van der Waals surface area contributed by atoms with Gasteiger partial charge in [0.15, 0.2) is 0 Å². The van der Waals surface area contributed by atoms with Gasteiger partial charge in [-0.05, 0) is 96.7 Å². The second-order valence-electron chi connectivity index (χ2n) is 22.1. The second-order valence-corrected chi connectivity index (χ2v) is 22.1. The van der Waals surface area contributed by atoms with E-state index in [1.165, 1.54) is 77.7 Å². The molecule has 89 heavy (non-hydrogen) atoms. The van der Waals surface area contributed by atoms with Crippen molar-refractivity contribution in [3.05, 3.63) is 125 Å². The van der Waals surface area contributed by atoms with Crippen LogP contribution in [0.2, 0.25) is 0 Å². The highest BCUT2D eigenvalue weighted by Gasteiger charge is 2.41. The maximum absolute atomic E-state index is 14.8. The van der Waals surface area contributed by atoms with Crippen LogP contribution >= 0.6 is 0 Å². The van der Waals surface area contributed by atoms with E-state index >= 15 is 0 Å². The molecule has 28 heteroatoms. The molecule has 0 radical (unpaired) electrons. The van der Waals surface area contributed by atoms with Crippen LogP contribution < -0.4 is 54.4 Å². The van der Waals surface area contributed by atoms with Crippen molar-refractivity contribution in [1.29, 1.82) is 0 Å². The number of carboxylic acid groups (broad SMARTS) is 2. The van der Waals surface area contributed by atoms with Crippen LogP contribution in [0.15, 0.2) is 103 Å². The molecule has 0 aliphatic carbocycles. The number of aromatic hydroxyl groups is 3. The van der Waals surface area contributed by atoms with Crippen LogP contribution in [0, 0.1) is 5.92 Å². The highest BCUT2D eigenvalue weighted by atomic mass is 16.4. The zero-order valence-electron chi connectivity index (χ0n) is 49.1. The van der Waals surface area contributed by atoms with E-state index in [-0.39, 0.29) is 81.1 Å². The number of nitrogens with two attached hydrogens (primary N) is 3. The number of rotatable bonds is 34. The SMILES string of the molecule is CC(C)C[C@H](NC(=O)[C@H](Cc1ccc(O)cc1)NC(=O)[C@H](CC(=O)O)NC(=O)[C@H](Cc1ccc(O)cc1)NC(=O)[C@H](CCC(N)=O)NC(=O)[C@@H](N)CCC(N)=O)C(=O)N1CCC[C@H]1C(=O)N[C@@H](Cc1ccccc1)C(=O)N[C@@H](Cc1ccc(O)cc1)C(=O)O. The number of benzene rings is 4. The zero-order chi connectivity index (χ0) is 65.5. The minimum atomic E-state index is -2.00. The molecule has 18 N–H and O–H groups in total. The summed E-state index contributed by atoms with van der Waals surface area (Å²) in [6.45, 7) is 3.54. The minimum Gasteiger partial charge on any atom is -0.508 e. The summed E-state index contributed by atoms with van der Waals surface area (Å²) in [7, 11) is 0. The van der Waals surface area contributed by atoms with E-state index in [0.717, 1.165) is 0 Å². The maximum atomic E-state index is 14.8. The van der Waals surface area contributed by atoms with Crippen molar-refractivity contribution in [1.82, 2.24) is 42.1 Å². The fourth-order valence-corrected chi connectivity index (χ4v) is 9.75. The predicted octanol–water partition coefficient (Wildman–Crippen LogP) is -1.08. The van der Waals surface area contributed by atoms with Gasteiger partial charge in [0.25, 0.3) is 0 Å². The molecule has 478 valence electrons. The number of amides is 10. The summed E-state index contributed by atoms with van der Waals surface area (Å²) in [6, 6.07) is 11.4. The standard InChI is InChI=1S/C61H77N11O17/c1-33(2)27-47(60(87)72-26-6-9-49(72)59(86)69-45(28-34-7-4-3-5-8-34)57(84)71-48(61(88)89)31-37-14-20-40(75)21-15-37)70-56(83)44(30-36-12-18-39(74)19-13-36)67-58(85)46(32-52(78)79)68-55(82)43(29-35-10-16-38(73)17-11-35)66-54(81)42(23-25-51(64)77)65-53(80)41(62)22-24-50(63)76/h3-5,7-8,10-21,33,41-49,73-75H,6,9,22-32,62H2,1-2H3,(H2,63,76)(H2,64,77)(H,65,80)(H,66,81)(H,67,85)(H,68,82)(H,69,86)(H,70,83)(H,71,84)(H,78,79)(H,88,89)/t41-,42-,43-,44-,45-,46-,47-,48-,49-/m0/s1. The number of carbonyl (C=O) groups is 12. The number of aliphatic carboxylic acids is 2. The van der Waals surface area contributed by atoms with E-state index in [4.69, 9.17) is 17.2 Å².